The number of nitrogens with one attached hydrogen (secondary N) is 1. The van der Waals surface area contributed by atoms with Gasteiger partial charge in [-0.25, -0.2) is 4.79 Å². The number of nitrogens with zero attached hydrogens (tertiary/aromatic N) is 1. The Kier molecular flexibility index (Phi) is 5.81. The van der Waals surface area contributed by atoms with Crippen LogP contribution in [0, 0.1) is 0 Å². The number of ether oxygens (including phenoxy) is 2. The van der Waals surface area contributed by atoms with Gasteiger partial charge in [0.25, 0.3) is 5.91 Å². The van der Waals surface area contributed by atoms with Crippen molar-refractivity contribution in [3.8, 4) is 11.5 Å². The van der Waals surface area contributed by atoms with Crippen molar-refractivity contribution < 1.29 is 24.2 Å². The van der Waals surface area contributed by atoms with Gasteiger partial charge in [0.15, 0.2) is 11.5 Å². The molecule has 0 aliphatic carbocycles. The molecular formula is C25H22N2O5. The van der Waals surface area contributed by atoms with Crippen molar-refractivity contribution in [2.75, 3.05) is 19.1 Å². The maximum absolute atomic E-state index is 13.4. The number of methoxy groups -OCH3 is 2. The van der Waals surface area contributed by atoms with Crippen LogP contribution in [0.3, 0.4) is 0 Å². The van der Waals surface area contributed by atoms with E-state index in [-0.39, 0.29) is 11.5 Å². The van der Waals surface area contributed by atoms with E-state index >= 15 is 0 Å². The van der Waals surface area contributed by atoms with Gasteiger partial charge in [0.05, 0.1) is 19.8 Å². The Labute approximate surface area is 185 Å². The summed E-state index contributed by atoms with van der Waals surface area (Å²) in [5, 5.41) is 12.5. The van der Waals surface area contributed by atoms with Crippen molar-refractivity contribution in [1.82, 2.24) is 5.32 Å². The first-order valence-corrected chi connectivity index (χ1v) is 9.94. The van der Waals surface area contributed by atoms with E-state index < -0.39 is 12.1 Å². The summed E-state index contributed by atoms with van der Waals surface area (Å²) in [7, 11) is 3.12. The molecule has 0 radical (unpaired) electrons. The molecular weight excluding hydrogens is 408 g/mol. The van der Waals surface area contributed by atoms with Gasteiger partial charge in [-0.05, 0) is 53.6 Å². The van der Waals surface area contributed by atoms with E-state index in [0.29, 0.717) is 22.9 Å². The minimum absolute atomic E-state index is 0.158. The van der Waals surface area contributed by atoms with Crippen molar-refractivity contribution in [1.29, 1.82) is 0 Å². The summed E-state index contributed by atoms with van der Waals surface area (Å²) in [4.78, 5) is 26.2. The Morgan fingerprint density at radius 3 is 2.28 bits per heavy atom. The quantitative estimate of drug-likeness (QED) is 0.573. The zero-order valence-electron chi connectivity index (χ0n) is 17.6. The summed E-state index contributed by atoms with van der Waals surface area (Å²) in [6.45, 7) is 0. The largest absolute Gasteiger partial charge is 0.493 e. The number of amides is 1. The second-order valence-corrected chi connectivity index (χ2v) is 7.16. The summed E-state index contributed by atoms with van der Waals surface area (Å²) < 4.78 is 10.6. The number of aromatic carboxylic acids is 1. The second-order valence-electron chi connectivity index (χ2n) is 7.16. The normalized spacial score (nSPS) is 16.7. The zero-order chi connectivity index (χ0) is 22.7. The highest BCUT2D eigenvalue weighted by atomic mass is 16.5. The zero-order valence-corrected chi connectivity index (χ0v) is 17.6. The summed E-state index contributed by atoms with van der Waals surface area (Å²) >= 11 is 0. The molecule has 7 heteroatoms. The van der Waals surface area contributed by atoms with E-state index in [4.69, 9.17) is 9.47 Å². The average Bonchev–Trinajstić information content (AvgIpc) is 3.15. The van der Waals surface area contributed by atoms with Gasteiger partial charge in [0.2, 0.25) is 0 Å². The van der Waals surface area contributed by atoms with Crippen LogP contribution in [0.4, 0.5) is 5.69 Å². The van der Waals surface area contributed by atoms with Gasteiger partial charge in [-0.15, -0.1) is 0 Å². The molecule has 0 spiro atoms. The Morgan fingerprint density at radius 2 is 1.66 bits per heavy atom. The van der Waals surface area contributed by atoms with Crippen LogP contribution in [-0.2, 0) is 4.79 Å². The first kappa shape index (κ1) is 21.0. The van der Waals surface area contributed by atoms with E-state index in [1.807, 2.05) is 36.4 Å². The third-order valence-electron chi connectivity index (χ3n) is 5.23. The lowest BCUT2D eigenvalue weighted by Crippen LogP contribution is -2.30. The number of hydrogen-bond acceptors (Lipinski definition) is 5. The summed E-state index contributed by atoms with van der Waals surface area (Å²) in [5.74, 6) is -0.0801. The number of benzene rings is 3. The number of rotatable bonds is 6. The molecule has 1 aliphatic rings. The van der Waals surface area contributed by atoms with Gasteiger partial charge >= 0.3 is 5.97 Å². The standard InChI is InChI=1S/C25H22N2O5/c1-31-21-13-8-16(15-22(21)32-2)14-20-24(28)27(19-11-9-18(10-12-19)25(29)30)23(26-20)17-6-4-3-5-7-17/h3-15,23,26H,1-2H3,(H,29,30)/b20-14-/t23-/m1/s1. The summed E-state index contributed by atoms with van der Waals surface area (Å²) in [5.41, 5.74) is 2.84. The Bertz CT molecular complexity index is 1170. The van der Waals surface area contributed by atoms with E-state index in [2.05, 4.69) is 5.32 Å². The monoisotopic (exact) mass is 430 g/mol. The minimum Gasteiger partial charge on any atom is -0.493 e. The van der Waals surface area contributed by atoms with Gasteiger partial charge in [-0.1, -0.05) is 36.4 Å². The fraction of sp³-hybridized carbons (Fsp3) is 0.120. The maximum Gasteiger partial charge on any atom is 0.335 e. The molecule has 7 nitrogen and oxygen atoms in total. The van der Waals surface area contributed by atoms with Crippen molar-refractivity contribution in [2.45, 2.75) is 6.17 Å². The molecule has 1 aliphatic heterocycles. The van der Waals surface area contributed by atoms with Gasteiger partial charge < -0.3 is 19.9 Å². The van der Waals surface area contributed by atoms with Crippen LogP contribution in [0.5, 0.6) is 11.5 Å². The first-order valence-electron chi connectivity index (χ1n) is 9.94. The van der Waals surface area contributed by atoms with Crippen LogP contribution < -0.4 is 19.7 Å². The van der Waals surface area contributed by atoms with Gasteiger partial charge in [-0.2, -0.15) is 0 Å². The van der Waals surface area contributed by atoms with Crippen molar-refractivity contribution in [3.05, 3.63) is 95.2 Å². The van der Waals surface area contributed by atoms with Crippen molar-refractivity contribution >= 4 is 23.6 Å². The van der Waals surface area contributed by atoms with Crippen LogP contribution in [0.15, 0.2) is 78.5 Å². The molecule has 1 heterocycles. The molecule has 4 rings (SSSR count). The first-order chi connectivity index (χ1) is 15.5. The van der Waals surface area contributed by atoms with E-state index in [9.17, 15) is 14.7 Å². The molecule has 32 heavy (non-hydrogen) atoms. The SMILES string of the molecule is COc1ccc(/C=C2\N[C@@H](c3ccccc3)N(c3ccc(C(=O)O)cc3)C2=O)cc1OC. The lowest BCUT2D eigenvalue weighted by atomic mass is 10.1. The Balaban J connectivity index is 1.74. The second kappa shape index (κ2) is 8.85. The number of carbonyl (C=O) groups is 2. The predicted molar refractivity (Wildman–Crippen MR) is 121 cm³/mol. The van der Waals surface area contributed by atoms with E-state index in [0.717, 1.165) is 11.1 Å². The van der Waals surface area contributed by atoms with Crippen LogP contribution in [0.1, 0.15) is 27.7 Å². The molecule has 162 valence electrons. The fourth-order valence-electron chi connectivity index (χ4n) is 3.63. The Hall–Kier alpha value is -4.26. The van der Waals surface area contributed by atoms with Crippen LogP contribution in [-0.4, -0.2) is 31.2 Å². The molecule has 3 aromatic carbocycles. The number of hydrogen-bond donors (Lipinski definition) is 2. The van der Waals surface area contributed by atoms with Crippen molar-refractivity contribution in [3.63, 3.8) is 0 Å². The highest BCUT2D eigenvalue weighted by Crippen LogP contribution is 2.34. The third kappa shape index (κ3) is 4.00. The number of carboxylic acid groups (broad SMARTS) is 1. The van der Waals surface area contributed by atoms with Crippen molar-refractivity contribution in [2.24, 2.45) is 0 Å². The Morgan fingerprint density at radius 1 is 0.969 bits per heavy atom. The molecule has 0 bridgehead atoms. The molecule has 1 atom stereocenters. The number of carboxylic acids is 1. The average molecular weight is 430 g/mol. The molecule has 0 aromatic heterocycles. The van der Waals surface area contributed by atoms with Crippen LogP contribution in [0.25, 0.3) is 6.08 Å². The van der Waals surface area contributed by atoms with Crippen LogP contribution >= 0.6 is 0 Å². The third-order valence-corrected chi connectivity index (χ3v) is 5.23. The van der Waals surface area contributed by atoms with Gasteiger partial charge in [-0.3, -0.25) is 9.69 Å². The number of anilines is 1. The highest BCUT2D eigenvalue weighted by molar-refractivity contribution is 6.11. The van der Waals surface area contributed by atoms with E-state index in [1.54, 1.807) is 49.5 Å². The topological polar surface area (TPSA) is 88.1 Å². The number of carbonyl (C=O) groups excluding carboxylic acids is 1. The molecule has 0 unspecified atom stereocenters. The lowest BCUT2D eigenvalue weighted by molar-refractivity contribution is -0.114. The predicted octanol–water partition coefficient (Wildman–Crippen LogP) is 4.08. The molecule has 2 N–H and O–H groups in total. The minimum atomic E-state index is -1.02. The lowest BCUT2D eigenvalue weighted by Gasteiger charge is -2.24. The summed E-state index contributed by atoms with van der Waals surface area (Å²) in [6.07, 6.45) is 1.32. The van der Waals surface area contributed by atoms with Gasteiger partial charge in [0, 0.05) is 5.69 Å². The van der Waals surface area contributed by atoms with Crippen LogP contribution in [0.2, 0.25) is 0 Å². The molecule has 3 aromatic rings. The molecule has 1 saturated heterocycles. The smallest absolute Gasteiger partial charge is 0.335 e. The van der Waals surface area contributed by atoms with E-state index in [1.165, 1.54) is 12.1 Å². The maximum atomic E-state index is 13.4. The molecule has 1 amide bonds. The molecule has 0 saturated carbocycles. The summed E-state index contributed by atoms with van der Waals surface area (Å²) in [6, 6.07) is 21.3. The highest BCUT2D eigenvalue weighted by Gasteiger charge is 2.36. The fourth-order valence-corrected chi connectivity index (χ4v) is 3.63. The molecule has 1 fully saturated rings. The van der Waals surface area contributed by atoms with Gasteiger partial charge in [0.1, 0.15) is 11.9 Å².